The number of hydrogen-bond acceptors (Lipinski definition) is 4. The molecule has 0 unspecified atom stereocenters. The molecule has 0 saturated heterocycles. The van der Waals surface area contributed by atoms with Crippen LogP contribution in [0.2, 0.25) is 0 Å². The lowest BCUT2D eigenvalue weighted by Crippen LogP contribution is -1.90. The van der Waals surface area contributed by atoms with Crippen molar-refractivity contribution in [2.24, 2.45) is 4.99 Å². The van der Waals surface area contributed by atoms with Gasteiger partial charge in [-0.15, -0.1) is 0 Å². The van der Waals surface area contributed by atoms with E-state index >= 15 is 0 Å². The molecule has 0 radical (unpaired) electrons. The molecule has 3 aromatic carbocycles. The van der Waals surface area contributed by atoms with Crippen molar-refractivity contribution in [3.63, 3.8) is 0 Å². The van der Waals surface area contributed by atoms with Crippen LogP contribution in [0.5, 0.6) is 5.75 Å². The van der Waals surface area contributed by atoms with E-state index < -0.39 is 0 Å². The van der Waals surface area contributed by atoms with E-state index in [-0.39, 0.29) is 5.75 Å². The average molecular weight is 463 g/mol. The van der Waals surface area contributed by atoms with E-state index in [9.17, 15) is 5.11 Å². The van der Waals surface area contributed by atoms with E-state index in [1.807, 2.05) is 49.4 Å². The smallest absolute Gasteiger partial charge is 0.227 e. The van der Waals surface area contributed by atoms with Gasteiger partial charge in [0, 0.05) is 21.8 Å². The fraction of sp³-hybridized carbons (Fsp3) is 0.200. The maximum atomic E-state index is 10.3. The van der Waals surface area contributed by atoms with Gasteiger partial charge in [0.15, 0.2) is 5.58 Å². The minimum Gasteiger partial charge on any atom is -0.507 e. The van der Waals surface area contributed by atoms with Gasteiger partial charge in [-0.1, -0.05) is 41.9 Å². The van der Waals surface area contributed by atoms with Gasteiger partial charge in [-0.3, -0.25) is 4.99 Å². The monoisotopic (exact) mass is 462 g/mol. The third kappa shape index (κ3) is 4.17. The van der Waals surface area contributed by atoms with E-state index in [1.165, 1.54) is 5.56 Å². The zero-order valence-corrected chi connectivity index (χ0v) is 18.8. The van der Waals surface area contributed by atoms with Crippen LogP contribution in [0.1, 0.15) is 42.9 Å². The standard InChI is InChI=1S/C25H23BrN2O2/c1-4-15(2)17-8-9-23-22(13-17)28-25(30-23)18-6-5-7-21(12-18)27-14-19-11-20(26)10-16(3)24(19)29/h5-15,29H,4H2,1-3H3/t15-/m1/s1. The number of phenolic OH excluding ortho intramolecular Hbond substituents is 1. The largest absolute Gasteiger partial charge is 0.507 e. The molecule has 1 heterocycles. The maximum absolute atomic E-state index is 10.3. The first-order valence-electron chi connectivity index (χ1n) is 9.98. The van der Waals surface area contributed by atoms with Crippen LogP contribution in [0.25, 0.3) is 22.6 Å². The maximum Gasteiger partial charge on any atom is 0.227 e. The summed E-state index contributed by atoms with van der Waals surface area (Å²) in [5, 5.41) is 10.3. The molecular weight excluding hydrogens is 440 g/mol. The topological polar surface area (TPSA) is 58.6 Å². The number of rotatable bonds is 5. The number of phenols is 1. The lowest BCUT2D eigenvalue weighted by atomic mass is 9.98. The van der Waals surface area contributed by atoms with Crippen LogP contribution >= 0.6 is 15.9 Å². The first-order chi connectivity index (χ1) is 14.4. The highest BCUT2D eigenvalue weighted by Gasteiger charge is 2.11. The van der Waals surface area contributed by atoms with Gasteiger partial charge in [-0.05, 0) is 72.9 Å². The Labute approximate surface area is 184 Å². The quantitative estimate of drug-likeness (QED) is 0.311. The van der Waals surface area contributed by atoms with E-state index in [0.29, 0.717) is 17.4 Å². The number of benzene rings is 3. The zero-order chi connectivity index (χ0) is 21.3. The van der Waals surface area contributed by atoms with Crippen LogP contribution in [0, 0.1) is 6.92 Å². The number of fused-ring (bicyclic) bond motifs is 1. The second kappa shape index (κ2) is 8.44. The molecule has 0 aliphatic heterocycles. The van der Waals surface area contributed by atoms with Crippen molar-refractivity contribution >= 4 is 38.9 Å². The number of oxazole rings is 1. The van der Waals surface area contributed by atoms with Crippen molar-refractivity contribution < 1.29 is 9.52 Å². The molecule has 0 saturated carbocycles. The molecule has 0 aliphatic carbocycles. The minimum absolute atomic E-state index is 0.231. The highest BCUT2D eigenvalue weighted by atomic mass is 79.9. The minimum atomic E-state index is 0.231. The number of aliphatic imine (C=N–C) groups is 1. The Hall–Kier alpha value is -2.92. The molecule has 1 aromatic heterocycles. The van der Waals surface area contributed by atoms with Crippen molar-refractivity contribution in [1.82, 2.24) is 4.98 Å². The number of aromatic hydroxyl groups is 1. The zero-order valence-electron chi connectivity index (χ0n) is 17.2. The Balaban J connectivity index is 1.65. The highest BCUT2D eigenvalue weighted by Crippen LogP contribution is 2.30. The van der Waals surface area contributed by atoms with Gasteiger partial charge in [0.05, 0.1) is 5.69 Å². The summed E-state index contributed by atoms with van der Waals surface area (Å²) in [6.07, 6.45) is 2.75. The van der Waals surface area contributed by atoms with Gasteiger partial charge < -0.3 is 9.52 Å². The van der Waals surface area contributed by atoms with Crippen LogP contribution in [-0.4, -0.2) is 16.3 Å². The average Bonchev–Trinajstić information content (AvgIpc) is 3.18. The molecule has 0 fully saturated rings. The van der Waals surface area contributed by atoms with Crippen molar-refractivity contribution in [2.45, 2.75) is 33.1 Å². The molecule has 1 atom stereocenters. The molecule has 4 aromatic rings. The number of nitrogens with zero attached hydrogens (tertiary/aromatic N) is 2. The van der Waals surface area contributed by atoms with Crippen LogP contribution in [0.4, 0.5) is 5.69 Å². The van der Waals surface area contributed by atoms with Gasteiger partial charge in [-0.25, -0.2) is 4.98 Å². The van der Waals surface area contributed by atoms with Gasteiger partial charge in [0.2, 0.25) is 5.89 Å². The summed E-state index contributed by atoms with van der Waals surface area (Å²) in [6.45, 7) is 6.26. The first kappa shape index (κ1) is 20.4. The molecule has 30 heavy (non-hydrogen) atoms. The van der Waals surface area contributed by atoms with Gasteiger partial charge in [0.1, 0.15) is 11.3 Å². The summed E-state index contributed by atoms with van der Waals surface area (Å²) in [7, 11) is 0. The van der Waals surface area contributed by atoms with Gasteiger partial charge in [-0.2, -0.15) is 0 Å². The van der Waals surface area contributed by atoms with Crippen LogP contribution in [0.3, 0.4) is 0 Å². The normalized spacial score (nSPS) is 12.7. The Bertz CT molecular complexity index is 1240. The molecule has 0 aliphatic rings. The Morgan fingerprint density at radius 1 is 1.17 bits per heavy atom. The fourth-order valence-corrected chi connectivity index (χ4v) is 3.92. The van der Waals surface area contributed by atoms with Crippen molar-refractivity contribution in [3.05, 3.63) is 75.8 Å². The number of hydrogen-bond donors (Lipinski definition) is 1. The first-order valence-corrected chi connectivity index (χ1v) is 10.8. The van der Waals surface area contributed by atoms with E-state index in [2.05, 4.69) is 46.9 Å². The number of aromatic nitrogens is 1. The second-order valence-corrected chi connectivity index (χ2v) is 8.44. The summed E-state index contributed by atoms with van der Waals surface area (Å²) in [5.74, 6) is 1.30. The van der Waals surface area contributed by atoms with Gasteiger partial charge in [0.25, 0.3) is 0 Å². The Morgan fingerprint density at radius 3 is 2.80 bits per heavy atom. The molecule has 0 spiro atoms. The predicted octanol–water partition coefficient (Wildman–Crippen LogP) is 7.54. The van der Waals surface area contributed by atoms with E-state index in [4.69, 9.17) is 9.40 Å². The van der Waals surface area contributed by atoms with Crippen molar-refractivity contribution in [2.75, 3.05) is 0 Å². The summed E-state index contributed by atoms with van der Waals surface area (Å²) < 4.78 is 6.88. The molecule has 0 bridgehead atoms. The molecule has 152 valence electrons. The molecule has 1 N–H and O–H groups in total. The third-order valence-corrected chi connectivity index (χ3v) is 5.79. The molecule has 5 heteroatoms. The lowest BCUT2D eigenvalue weighted by Gasteiger charge is -2.07. The lowest BCUT2D eigenvalue weighted by molar-refractivity contribution is 0.470. The number of aryl methyl sites for hydroxylation is 1. The molecule has 4 rings (SSSR count). The Morgan fingerprint density at radius 2 is 2.00 bits per heavy atom. The van der Waals surface area contributed by atoms with E-state index in [1.54, 1.807) is 6.21 Å². The van der Waals surface area contributed by atoms with Crippen LogP contribution in [-0.2, 0) is 0 Å². The van der Waals surface area contributed by atoms with Crippen LogP contribution in [0.15, 0.2) is 68.5 Å². The fourth-order valence-electron chi connectivity index (χ4n) is 3.33. The van der Waals surface area contributed by atoms with Gasteiger partial charge >= 0.3 is 0 Å². The SMILES string of the molecule is CC[C@@H](C)c1ccc2oc(-c3cccc(N=Cc4cc(Br)cc(C)c4O)c3)nc2c1. The third-order valence-electron chi connectivity index (χ3n) is 5.33. The highest BCUT2D eigenvalue weighted by molar-refractivity contribution is 9.10. The summed E-state index contributed by atoms with van der Waals surface area (Å²) in [6, 6.07) is 17.6. The van der Waals surface area contributed by atoms with Crippen LogP contribution < -0.4 is 0 Å². The molecule has 0 amide bonds. The second-order valence-electron chi connectivity index (χ2n) is 7.52. The summed E-state index contributed by atoms with van der Waals surface area (Å²) in [4.78, 5) is 9.23. The van der Waals surface area contributed by atoms with E-state index in [0.717, 1.165) is 38.8 Å². The molecule has 4 nitrogen and oxygen atoms in total. The molecular formula is C25H23BrN2O2. The summed E-state index contributed by atoms with van der Waals surface area (Å²) >= 11 is 3.46. The Kier molecular flexibility index (Phi) is 5.73. The van der Waals surface area contributed by atoms with Crippen molar-refractivity contribution in [1.29, 1.82) is 0 Å². The number of halogens is 1. The predicted molar refractivity (Wildman–Crippen MR) is 126 cm³/mol. The van der Waals surface area contributed by atoms with Crippen molar-refractivity contribution in [3.8, 4) is 17.2 Å². The summed E-state index contributed by atoms with van der Waals surface area (Å²) in [5.41, 5.74) is 5.99.